The lowest BCUT2D eigenvalue weighted by Crippen LogP contribution is -2.37. The molecular weight excluding hydrogens is 870 g/mol. The molecule has 0 saturated carbocycles. The number of hydrogen-bond donors (Lipinski definition) is 0. The third-order valence-corrected chi connectivity index (χ3v) is 14.6. The van der Waals surface area contributed by atoms with Crippen LogP contribution in [0.5, 0.6) is 34.5 Å². The maximum Gasteiger partial charge on any atom is 0.447 e. The molecule has 0 N–H and O–H groups in total. The molecule has 2 unspecified atom stereocenters. The molecule has 312 valence electrons. The van der Waals surface area contributed by atoms with Crippen molar-refractivity contribution in [2.24, 2.45) is 4.52 Å². The summed E-state index contributed by atoms with van der Waals surface area (Å²) >= 11 is 0. The van der Waals surface area contributed by atoms with Crippen molar-refractivity contribution in [3.05, 3.63) is 180 Å². The summed E-state index contributed by atoms with van der Waals surface area (Å²) in [4.78, 5) is 12.5. The quantitative estimate of drug-likeness (QED) is 0.0888. The lowest BCUT2D eigenvalue weighted by molar-refractivity contribution is -0.138. The van der Waals surface area contributed by atoms with Crippen molar-refractivity contribution in [2.75, 3.05) is 0 Å². The zero-order valence-electron chi connectivity index (χ0n) is 30.1. The number of halogens is 9. The maximum atomic E-state index is 14.1. The predicted molar refractivity (Wildman–Crippen MR) is 204 cm³/mol. The molecule has 0 aliphatic carbocycles. The molecule has 0 radical (unpaired) electrons. The van der Waals surface area contributed by atoms with Crippen molar-refractivity contribution in [1.82, 2.24) is 9.21 Å². The fraction of sp³-hybridized carbons (Fsp3) is 0.0769. The first-order chi connectivity index (χ1) is 28.6. The van der Waals surface area contributed by atoms with Crippen molar-refractivity contribution >= 4 is 24.6 Å². The second-order valence-electron chi connectivity index (χ2n) is 12.2. The molecule has 6 aromatic carbocycles. The molecule has 0 aromatic heterocycles. The summed E-state index contributed by atoms with van der Waals surface area (Å²) in [5.74, 6) is -1.14. The fourth-order valence-electron chi connectivity index (χ4n) is 5.08. The minimum Gasteiger partial charge on any atom is -0.440 e. The van der Waals surface area contributed by atoms with Gasteiger partial charge in [-0.1, -0.05) is 72.8 Å². The Hall–Kier alpha value is -5.50. The van der Waals surface area contributed by atoms with Crippen LogP contribution in [0, 0.1) is 0 Å². The largest absolute Gasteiger partial charge is 0.447 e. The Bertz CT molecular complexity index is 2390. The summed E-state index contributed by atoms with van der Waals surface area (Å²) in [7, 11) is -10.6. The minimum atomic E-state index is -4.86. The molecule has 21 heteroatoms. The van der Waals surface area contributed by atoms with Crippen LogP contribution in [-0.4, -0.2) is 9.21 Å². The van der Waals surface area contributed by atoms with Gasteiger partial charge in [-0.15, -0.1) is 4.52 Å². The first-order valence-corrected chi connectivity index (χ1v) is 21.0. The van der Waals surface area contributed by atoms with Crippen LogP contribution >= 0.6 is 24.6 Å². The Balaban J connectivity index is 1.51. The predicted octanol–water partition coefficient (Wildman–Crippen LogP) is 14.4. The molecule has 9 nitrogen and oxygen atoms in total. The molecule has 0 amide bonds. The van der Waals surface area contributed by atoms with E-state index in [1.807, 2.05) is 0 Å². The third kappa shape index (κ3) is 10.4. The van der Waals surface area contributed by atoms with Crippen LogP contribution in [0.1, 0.15) is 16.7 Å². The SMILES string of the molecule is FC(F)(F)c1cccc(ON2P(Oc3cccc(C(F)(F)F)c3)N=P(Oc3ccccc3)(Oc3ccccc3)N(Oc3ccccc3)P2Oc2cccc(C(F)(F)F)c2)c1. The second kappa shape index (κ2) is 17.6. The van der Waals surface area contributed by atoms with Crippen molar-refractivity contribution < 1.29 is 67.3 Å². The highest BCUT2D eigenvalue weighted by atomic mass is 31.3. The van der Waals surface area contributed by atoms with Gasteiger partial charge in [0.05, 0.1) is 16.7 Å². The van der Waals surface area contributed by atoms with Gasteiger partial charge in [0.25, 0.3) is 0 Å². The Morgan fingerprint density at radius 3 is 1.25 bits per heavy atom. The van der Waals surface area contributed by atoms with E-state index in [1.54, 1.807) is 54.6 Å². The monoisotopic (exact) mass is 897 g/mol. The summed E-state index contributed by atoms with van der Waals surface area (Å²) in [6.07, 6.45) is -14.6. The molecule has 1 aliphatic rings. The minimum absolute atomic E-state index is 0.0644. The van der Waals surface area contributed by atoms with Crippen LogP contribution in [-0.2, 0) is 18.5 Å². The van der Waals surface area contributed by atoms with Gasteiger partial charge in [-0.05, 0) is 91.0 Å². The number of benzene rings is 6. The highest BCUT2D eigenvalue weighted by Crippen LogP contribution is 2.77. The van der Waals surface area contributed by atoms with E-state index in [0.717, 1.165) is 57.7 Å². The van der Waals surface area contributed by atoms with E-state index in [-0.39, 0.29) is 17.2 Å². The van der Waals surface area contributed by atoms with Crippen molar-refractivity contribution in [3.63, 3.8) is 0 Å². The normalized spacial score (nSPS) is 17.2. The van der Waals surface area contributed by atoms with Gasteiger partial charge in [-0.25, -0.2) is 0 Å². The summed E-state index contributed by atoms with van der Waals surface area (Å²) in [6.45, 7) is 0. The Morgan fingerprint density at radius 2 is 0.800 bits per heavy atom. The topological polar surface area (TPSA) is 74.2 Å². The summed E-state index contributed by atoms with van der Waals surface area (Å²) in [5.41, 5.74) is -3.42. The Labute approximate surface area is 338 Å². The van der Waals surface area contributed by atoms with Crippen molar-refractivity contribution in [2.45, 2.75) is 18.5 Å². The molecular formula is C39H27F9N3O6P3. The van der Waals surface area contributed by atoms with Gasteiger partial charge in [-0.2, -0.15) is 39.5 Å². The van der Waals surface area contributed by atoms with E-state index in [0.29, 0.717) is 18.2 Å². The second-order valence-corrected chi connectivity index (χ2v) is 17.7. The number of hydrogen-bond acceptors (Lipinski definition) is 9. The zero-order valence-corrected chi connectivity index (χ0v) is 32.8. The highest BCUT2D eigenvalue weighted by Gasteiger charge is 2.58. The smallest absolute Gasteiger partial charge is 0.440 e. The molecule has 1 aliphatic heterocycles. The molecule has 0 bridgehead atoms. The summed E-state index contributed by atoms with van der Waals surface area (Å²) in [5, 5.41) is 0. The van der Waals surface area contributed by atoms with Crippen LogP contribution < -0.4 is 27.8 Å². The van der Waals surface area contributed by atoms with Gasteiger partial charge in [0.1, 0.15) is 34.5 Å². The van der Waals surface area contributed by atoms with E-state index in [1.165, 1.54) is 42.5 Å². The van der Waals surface area contributed by atoms with Gasteiger partial charge in [0.2, 0.25) is 0 Å². The van der Waals surface area contributed by atoms with Gasteiger partial charge in [0.15, 0.2) is 0 Å². The zero-order chi connectivity index (χ0) is 42.5. The van der Waals surface area contributed by atoms with Crippen LogP contribution in [0.15, 0.2) is 168 Å². The summed E-state index contributed by atoms with van der Waals surface area (Å²) in [6, 6.07) is 34.5. The Morgan fingerprint density at radius 1 is 0.417 bits per heavy atom. The van der Waals surface area contributed by atoms with Crippen LogP contribution in [0.25, 0.3) is 0 Å². The molecule has 6 aromatic rings. The van der Waals surface area contributed by atoms with Gasteiger partial charge in [0, 0.05) is 9.21 Å². The first-order valence-electron chi connectivity index (χ1n) is 17.2. The average molecular weight is 898 g/mol. The fourth-order valence-corrected chi connectivity index (χ4v) is 12.6. The van der Waals surface area contributed by atoms with Gasteiger partial charge >= 0.3 is 43.1 Å². The summed E-state index contributed by atoms with van der Waals surface area (Å²) < 4.78 is 158. The number of para-hydroxylation sites is 3. The van der Waals surface area contributed by atoms with Crippen LogP contribution in [0.4, 0.5) is 39.5 Å². The molecule has 2 atom stereocenters. The van der Waals surface area contributed by atoms with Gasteiger partial charge in [-0.3, -0.25) is 0 Å². The number of rotatable bonds is 12. The van der Waals surface area contributed by atoms with Crippen molar-refractivity contribution in [1.29, 1.82) is 0 Å². The van der Waals surface area contributed by atoms with E-state index in [4.69, 9.17) is 32.3 Å². The Kier molecular flexibility index (Phi) is 12.5. The van der Waals surface area contributed by atoms with Crippen LogP contribution in [0.2, 0.25) is 0 Å². The number of alkyl halides is 9. The van der Waals surface area contributed by atoms with E-state index in [2.05, 4.69) is 0 Å². The van der Waals surface area contributed by atoms with Crippen molar-refractivity contribution in [3.8, 4) is 34.5 Å². The average Bonchev–Trinajstić information content (AvgIpc) is 3.21. The molecule has 0 saturated heterocycles. The third-order valence-electron chi connectivity index (χ3n) is 7.76. The first kappa shape index (κ1) is 42.6. The molecule has 0 fully saturated rings. The highest BCUT2D eigenvalue weighted by molar-refractivity contribution is 7.78. The lowest BCUT2D eigenvalue weighted by atomic mass is 10.2. The van der Waals surface area contributed by atoms with E-state index < -0.39 is 77.0 Å². The molecule has 7 rings (SSSR count). The molecule has 60 heavy (non-hydrogen) atoms. The molecule has 1 heterocycles. The standard InChI is InChI=1S/C39H27F9N3O6P3/c40-37(41,42)28-13-10-22-34(25-28)52-50-58(54-35-23-11-14-29(26-35)38(43,44)45)49-60(56-32-18-6-2-7-19-32,57-33-20-8-3-9-21-33)51(53-31-16-4-1-5-17-31)59(50)55-36-24-12-15-30(27-36)39(46,47)48/h1-27H. The number of nitrogens with zero attached hydrogens (tertiary/aromatic N) is 3. The van der Waals surface area contributed by atoms with E-state index >= 15 is 0 Å². The van der Waals surface area contributed by atoms with Crippen LogP contribution in [0.3, 0.4) is 0 Å². The molecule has 0 spiro atoms. The maximum absolute atomic E-state index is 14.1. The van der Waals surface area contributed by atoms with Gasteiger partial charge < -0.3 is 27.8 Å². The van der Waals surface area contributed by atoms with E-state index in [9.17, 15) is 39.5 Å². The lowest BCUT2D eigenvalue weighted by Gasteiger charge is -2.43.